The zero-order chi connectivity index (χ0) is 10.8. The van der Waals surface area contributed by atoms with E-state index in [4.69, 9.17) is 0 Å². The van der Waals surface area contributed by atoms with E-state index in [1.54, 1.807) is 0 Å². The Bertz CT molecular complexity index is 211. The molecule has 0 bridgehead atoms. The molecule has 0 amide bonds. The fourth-order valence-corrected chi connectivity index (χ4v) is 3.68. The molecule has 86 valence electrons. The van der Waals surface area contributed by atoms with Crippen LogP contribution in [0.2, 0.25) is 0 Å². The van der Waals surface area contributed by atoms with Crippen molar-refractivity contribution in [3.8, 4) is 0 Å². The molecular formula is C13H23NO. The molecule has 0 aromatic carbocycles. The smallest absolute Gasteiger partial charge is 0.123 e. The minimum absolute atomic E-state index is 0.313. The van der Waals surface area contributed by atoms with Crippen molar-refractivity contribution in [3.63, 3.8) is 0 Å². The molecule has 1 saturated carbocycles. The van der Waals surface area contributed by atoms with Crippen molar-refractivity contribution in [1.82, 2.24) is 4.90 Å². The second kappa shape index (κ2) is 4.65. The number of piperidine rings is 1. The Hall–Kier alpha value is -0.370. The molecule has 0 N–H and O–H groups in total. The highest BCUT2D eigenvalue weighted by Gasteiger charge is 2.35. The van der Waals surface area contributed by atoms with Crippen molar-refractivity contribution in [2.75, 3.05) is 0 Å². The van der Waals surface area contributed by atoms with Gasteiger partial charge in [-0.05, 0) is 39.5 Å². The quantitative estimate of drug-likeness (QED) is 0.652. The normalized spacial score (nSPS) is 39.5. The van der Waals surface area contributed by atoms with Gasteiger partial charge in [-0.15, -0.1) is 0 Å². The average molecular weight is 209 g/mol. The average Bonchev–Trinajstić information content (AvgIpc) is 2.69. The number of aldehydes is 1. The van der Waals surface area contributed by atoms with Crippen molar-refractivity contribution < 1.29 is 4.79 Å². The predicted octanol–water partition coefficient (Wildman–Crippen LogP) is 2.62. The van der Waals surface area contributed by atoms with Gasteiger partial charge in [0.05, 0.1) is 0 Å². The van der Waals surface area contributed by atoms with Crippen molar-refractivity contribution >= 4 is 6.29 Å². The summed E-state index contributed by atoms with van der Waals surface area (Å²) in [5, 5.41) is 0. The summed E-state index contributed by atoms with van der Waals surface area (Å²) in [6, 6.07) is 2.02. The van der Waals surface area contributed by atoms with Gasteiger partial charge in [0.25, 0.3) is 0 Å². The van der Waals surface area contributed by atoms with Gasteiger partial charge in [-0.25, -0.2) is 0 Å². The highest BCUT2D eigenvalue weighted by molar-refractivity contribution is 5.53. The van der Waals surface area contributed by atoms with Crippen LogP contribution < -0.4 is 0 Å². The summed E-state index contributed by atoms with van der Waals surface area (Å²) in [4.78, 5) is 13.5. The summed E-state index contributed by atoms with van der Waals surface area (Å²) in [6.45, 7) is 4.59. The molecule has 0 aromatic rings. The van der Waals surface area contributed by atoms with Gasteiger partial charge < -0.3 is 4.79 Å². The van der Waals surface area contributed by atoms with Crippen LogP contribution >= 0.6 is 0 Å². The first-order valence-corrected chi connectivity index (χ1v) is 6.45. The highest BCUT2D eigenvalue weighted by Crippen LogP contribution is 2.34. The zero-order valence-electron chi connectivity index (χ0n) is 9.98. The van der Waals surface area contributed by atoms with Crippen LogP contribution in [0, 0.1) is 5.92 Å². The monoisotopic (exact) mass is 209 g/mol. The Morgan fingerprint density at radius 2 is 1.60 bits per heavy atom. The van der Waals surface area contributed by atoms with Gasteiger partial charge in [0, 0.05) is 24.0 Å². The summed E-state index contributed by atoms with van der Waals surface area (Å²) in [5.41, 5.74) is 0. The molecule has 0 aromatic heterocycles. The van der Waals surface area contributed by atoms with E-state index in [0.29, 0.717) is 18.0 Å². The number of likely N-dealkylation sites (tertiary alicyclic amines) is 1. The molecule has 0 unspecified atom stereocenters. The first-order chi connectivity index (χ1) is 7.22. The summed E-state index contributed by atoms with van der Waals surface area (Å²) in [6.07, 6.45) is 8.87. The van der Waals surface area contributed by atoms with Crippen LogP contribution in [-0.2, 0) is 4.79 Å². The molecule has 2 fully saturated rings. The third-order valence-electron chi connectivity index (χ3n) is 4.24. The van der Waals surface area contributed by atoms with Crippen LogP contribution in [0.5, 0.6) is 0 Å². The minimum Gasteiger partial charge on any atom is -0.303 e. The van der Waals surface area contributed by atoms with Crippen LogP contribution in [-0.4, -0.2) is 29.3 Å². The number of hydrogen-bond donors (Lipinski definition) is 0. The molecule has 1 aliphatic heterocycles. The number of carbonyl (C=O) groups is 1. The van der Waals surface area contributed by atoms with Gasteiger partial charge >= 0.3 is 0 Å². The highest BCUT2D eigenvalue weighted by atomic mass is 16.1. The Balaban J connectivity index is 2.01. The first kappa shape index (κ1) is 11.1. The summed E-state index contributed by atoms with van der Waals surface area (Å²) in [5.74, 6) is 0.313. The molecule has 0 spiro atoms. The Morgan fingerprint density at radius 3 is 2.07 bits per heavy atom. The maximum Gasteiger partial charge on any atom is 0.123 e. The number of nitrogens with zero attached hydrogens (tertiary/aromatic N) is 1. The molecular weight excluding hydrogens is 186 g/mol. The van der Waals surface area contributed by atoms with Gasteiger partial charge in [0.1, 0.15) is 6.29 Å². The van der Waals surface area contributed by atoms with E-state index in [0.717, 1.165) is 18.9 Å². The molecule has 2 aliphatic rings. The molecule has 1 heterocycles. The second-order valence-electron chi connectivity index (χ2n) is 5.45. The van der Waals surface area contributed by atoms with E-state index in [-0.39, 0.29) is 0 Å². The Labute approximate surface area is 93.0 Å². The SMILES string of the molecule is C[C@H]1CC(C=O)C[C@H](C)N1C1CCCC1. The van der Waals surface area contributed by atoms with E-state index in [1.165, 1.54) is 32.0 Å². The topological polar surface area (TPSA) is 20.3 Å². The predicted molar refractivity (Wildman–Crippen MR) is 61.8 cm³/mol. The van der Waals surface area contributed by atoms with Crippen LogP contribution in [0.4, 0.5) is 0 Å². The lowest BCUT2D eigenvalue weighted by Gasteiger charge is -2.45. The van der Waals surface area contributed by atoms with Gasteiger partial charge in [0.2, 0.25) is 0 Å². The zero-order valence-corrected chi connectivity index (χ0v) is 9.98. The van der Waals surface area contributed by atoms with Crippen molar-refractivity contribution in [2.24, 2.45) is 5.92 Å². The second-order valence-corrected chi connectivity index (χ2v) is 5.45. The standard InChI is InChI=1S/C13H23NO/c1-10-7-12(9-15)8-11(2)14(10)13-5-3-4-6-13/h9-13H,3-8H2,1-2H3/t10-,11-/m0/s1. The molecule has 1 saturated heterocycles. The molecule has 2 nitrogen and oxygen atoms in total. The maximum atomic E-state index is 10.9. The van der Waals surface area contributed by atoms with Crippen molar-refractivity contribution in [1.29, 1.82) is 0 Å². The Kier molecular flexibility index (Phi) is 3.45. The van der Waals surface area contributed by atoms with Crippen LogP contribution in [0.25, 0.3) is 0 Å². The first-order valence-electron chi connectivity index (χ1n) is 6.45. The van der Waals surface area contributed by atoms with Gasteiger partial charge in [-0.3, -0.25) is 4.90 Å². The molecule has 2 rings (SSSR count). The van der Waals surface area contributed by atoms with Crippen LogP contribution in [0.1, 0.15) is 52.4 Å². The van der Waals surface area contributed by atoms with Crippen LogP contribution in [0.15, 0.2) is 0 Å². The van der Waals surface area contributed by atoms with Crippen molar-refractivity contribution in [3.05, 3.63) is 0 Å². The van der Waals surface area contributed by atoms with Crippen LogP contribution in [0.3, 0.4) is 0 Å². The minimum atomic E-state index is 0.313. The molecule has 0 radical (unpaired) electrons. The van der Waals surface area contributed by atoms with Crippen molar-refractivity contribution in [2.45, 2.75) is 70.5 Å². The third-order valence-corrected chi connectivity index (χ3v) is 4.24. The van der Waals surface area contributed by atoms with E-state index in [9.17, 15) is 4.79 Å². The molecule has 15 heavy (non-hydrogen) atoms. The fraction of sp³-hybridized carbons (Fsp3) is 0.923. The fourth-order valence-electron chi connectivity index (χ4n) is 3.68. The largest absolute Gasteiger partial charge is 0.303 e. The van der Waals surface area contributed by atoms with Gasteiger partial charge in [-0.2, -0.15) is 0 Å². The number of hydrogen-bond acceptors (Lipinski definition) is 2. The third kappa shape index (κ3) is 2.25. The lowest BCUT2D eigenvalue weighted by molar-refractivity contribution is -0.114. The number of rotatable bonds is 2. The molecule has 2 heteroatoms. The lowest BCUT2D eigenvalue weighted by atomic mass is 9.86. The molecule has 1 aliphatic carbocycles. The van der Waals surface area contributed by atoms with E-state index < -0.39 is 0 Å². The van der Waals surface area contributed by atoms with E-state index in [2.05, 4.69) is 18.7 Å². The van der Waals surface area contributed by atoms with Gasteiger partial charge in [0.15, 0.2) is 0 Å². The number of carbonyl (C=O) groups excluding carboxylic acids is 1. The lowest BCUT2D eigenvalue weighted by Crippen LogP contribution is -2.51. The van der Waals surface area contributed by atoms with Gasteiger partial charge in [-0.1, -0.05) is 12.8 Å². The summed E-state index contributed by atoms with van der Waals surface area (Å²) < 4.78 is 0. The Morgan fingerprint density at radius 1 is 1.07 bits per heavy atom. The maximum absolute atomic E-state index is 10.9. The van der Waals surface area contributed by atoms with E-state index in [1.807, 2.05) is 0 Å². The van der Waals surface area contributed by atoms with E-state index >= 15 is 0 Å². The molecule has 2 atom stereocenters. The summed E-state index contributed by atoms with van der Waals surface area (Å²) in [7, 11) is 0. The summed E-state index contributed by atoms with van der Waals surface area (Å²) >= 11 is 0.